The van der Waals surface area contributed by atoms with Gasteiger partial charge in [0, 0.05) is 25.0 Å². The van der Waals surface area contributed by atoms with Gasteiger partial charge in [0.2, 0.25) is 11.8 Å². The molecule has 1 aliphatic heterocycles. The fourth-order valence-electron chi connectivity index (χ4n) is 1.89. The predicted molar refractivity (Wildman–Crippen MR) is 62.8 cm³/mol. The summed E-state index contributed by atoms with van der Waals surface area (Å²) in [5.41, 5.74) is 0. The fraction of sp³-hybridized carbons (Fsp3) is 0.667. The molecule has 4 heteroatoms. The van der Waals surface area contributed by atoms with Crippen LogP contribution in [0.2, 0.25) is 0 Å². The number of likely N-dealkylation sites (tertiary alicyclic amines) is 1. The molecule has 0 unspecified atom stereocenters. The van der Waals surface area contributed by atoms with Crippen LogP contribution in [0.4, 0.5) is 0 Å². The Bertz CT molecular complexity index is 279. The van der Waals surface area contributed by atoms with Crippen molar-refractivity contribution in [2.75, 3.05) is 13.1 Å². The lowest BCUT2D eigenvalue weighted by molar-refractivity contribution is -0.132. The number of nitrogens with zero attached hydrogens (tertiary/aromatic N) is 1. The molecule has 4 nitrogen and oxygen atoms in total. The second-order valence-corrected chi connectivity index (χ2v) is 4.47. The molecule has 0 spiro atoms. The minimum atomic E-state index is -0.0392. The highest BCUT2D eigenvalue weighted by molar-refractivity contribution is 5.87. The second-order valence-electron chi connectivity index (χ2n) is 4.47. The molecule has 0 aliphatic carbocycles. The molecule has 0 aromatic rings. The van der Waals surface area contributed by atoms with Crippen LogP contribution in [-0.4, -0.2) is 35.8 Å². The molecule has 0 bridgehead atoms. The van der Waals surface area contributed by atoms with Crippen molar-refractivity contribution in [3.63, 3.8) is 0 Å². The Morgan fingerprint density at radius 1 is 1.38 bits per heavy atom. The van der Waals surface area contributed by atoms with E-state index in [1.54, 1.807) is 4.90 Å². The van der Waals surface area contributed by atoms with Gasteiger partial charge in [0.1, 0.15) is 0 Å². The van der Waals surface area contributed by atoms with Gasteiger partial charge in [-0.3, -0.25) is 9.59 Å². The quantitative estimate of drug-likeness (QED) is 0.725. The molecule has 1 heterocycles. The van der Waals surface area contributed by atoms with E-state index in [4.69, 9.17) is 0 Å². The predicted octanol–water partition coefficient (Wildman–Crippen LogP) is 0.936. The van der Waals surface area contributed by atoms with Crippen LogP contribution >= 0.6 is 0 Å². The summed E-state index contributed by atoms with van der Waals surface area (Å²) >= 11 is 0. The first-order chi connectivity index (χ1) is 7.54. The molecule has 1 saturated heterocycles. The van der Waals surface area contributed by atoms with Gasteiger partial charge < -0.3 is 10.2 Å². The van der Waals surface area contributed by atoms with E-state index in [0.29, 0.717) is 13.1 Å². The fourth-order valence-corrected chi connectivity index (χ4v) is 1.89. The zero-order valence-corrected chi connectivity index (χ0v) is 10.0. The van der Waals surface area contributed by atoms with Crippen LogP contribution in [-0.2, 0) is 9.59 Å². The Kier molecular flexibility index (Phi) is 4.52. The van der Waals surface area contributed by atoms with E-state index >= 15 is 0 Å². The topological polar surface area (TPSA) is 49.4 Å². The van der Waals surface area contributed by atoms with Crippen LogP contribution in [0, 0.1) is 5.92 Å². The van der Waals surface area contributed by atoms with Crippen LogP contribution in [0.15, 0.2) is 12.7 Å². The molecular weight excluding hydrogens is 204 g/mol. The molecule has 1 rings (SSSR count). The lowest BCUT2D eigenvalue weighted by Gasteiger charge is -2.30. The number of carbonyl (C=O) groups is 2. The van der Waals surface area contributed by atoms with E-state index in [9.17, 15) is 9.59 Å². The normalized spacial score (nSPS) is 17.3. The second kappa shape index (κ2) is 5.68. The monoisotopic (exact) mass is 224 g/mol. The summed E-state index contributed by atoms with van der Waals surface area (Å²) in [6.45, 7) is 8.67. The number of amides is 2. The summed E-state index contributed by atoms with van der Waals surface area (Å²) in [5.74, 6) is 0.125. The minimum Gasteiger partial charge on any atom is -0.354 e. The van der Waals surface area contributed by atoms with Crippen molar-refractivity contribution in [1.82, 2.24) is 10.2 Å². The summed E-state index contributed by atoms with van der Waals surface area (Å²) in [5, 5.41) is 2.91. The van der Waals surface area contributed by atoms with Gasteiger partial charge in [0.25, 0.3) is 0 Å². The van der Waals surface area contributed by atoms with E-state index in [-0.39, 0.29) is 23.8 Å². The number of nitrogens with one attached hydrogen (secondary N) is 1. The zero-order valence-electron chi connectivity index (χ0n) is 10.0. The molecule has 2 amide bonds. The number of piperidine rings is 1. The first-order valence-electron chi connectivity index (χ1n) is 5.76. The van der Waals surface area contributed by atoms with Crippen LogP contribution < -0.4 is 5.32 Å². The molecular formula is C12H20N2O2. The third-order valence-corrected chi connectivity index (χ3v) is 2.78. The third kappa shape index (κ3) is 3.36. The van der Waals surface area contributed by atoms with Gasteiger partial charge in [-0.05, 0) is 32.8 Å². The van der Waals surface area contributed by atoms with Gasteiger partial charge >= 0.3 is 0 Å². The smallest absolute Gasteiger partial charge is 0.245 e. The van der Waals surface area contributed by atoms with Gasteiger partial charge in [0.05, 0.1) is 0 Å². The first-order valence-corrected chi connectivity index (χ1v) is 5.76. The molecule has 0 aromatic carbocycles. The maximum absolute atomic E-state index is 11.7. The highest BCUT2D eigenvalue weighted by atomic mass is 16.2. The maximum Gasteiger partial charge on any atom is 0.245 e. The summed E-state index contributed by atoms with van der Waals surface area (Å²) in [4.78, 5) is 24.8. The Labute approximate surface area is 96.7 Å². The molecule has 1 N–H and O–H groups in total. The largest absolute Gasteiger partial charge is 0.354 e. The van der Waals surface area contributed by atoms with E-state index in [0.717, 1.165) is 12.8 Å². The summed E-state index contributed by atoms with van der Waals surface area (Å²) < 4.78 is 0. The van der Waals surface area contributed by atoms with Gasteiger partial charge in [-0.25, -0.2) is 0 Å². The van der Waals surface area contributed by atoms with Crippen LogP contribution in [0.1, 0.15) is 26.7 Å². The molecule has 1 fully saturated rings. The first kappa shape index (κ1) is 12.7. The van der Waals surface area contributed by atoms with Crippen LogP contribution in [0.5, 0.6) is 0 Å². The van der Waals surface area contributed by atoms with Crippen molar-refractivity contribution in [2.45, 2.75) is 32.7 Å². The van der Waals surface area contributed by atoms with E-state index in [2.05, 4.69) is 11.9 Å². The Morgan fingerprint density at radius 2 is 1.94 bits per heavy atom. The summed E-state index contributed by atoms with van der Waals surface area (Å²) in [6.07, 6.45) is 2.82. The highest BCUT2D eigenvalue weighted by Crippen LogP contribution is 2.17. The number of carbonyl (C=O) groups excluding carboxylic acids is 2. The lowest BCUT2D eigenvalue weighted by Crippen LogP contribution is -2.43. The highest BCUT2D eigenvalue weighted by Gasteiger charge is 2.26. The number of rotatable bonds is 3. The Hall–Kier alpha value is -1.32. The Balaban J connectivity index is 2.39. The molecule has 0 radical (unpaired) electrons. The third-order valence-electron chi connectivity index (χ3n) is 2.78. The van der Waals surface area contributed by atoms with E-state index in [1.807, 2.05) is 13.8 Å². The van der Waals surface area contributed by atoms with Crippen molar-refractivity contribution in [1.29, 1.82) is 0 Å². The molecule has 0 saturated carbocycles. The van der Waals surface area contributed by atoms with Gasteiger partial charge in [-0.15, -0.1) is 0 Å². The Morgan fingerprint density at radius 3 is 2.38 bits per heavy atom. The average molecular weight is 224 g/mol. The van der Waals surface area contributed by atoms with Crippen LogP contribution in [0.25, 0.3) is 0 Å². The molecule has 0 aromatic heterocycles. The molecule has 16 heavy (non-hydrogen) atoms. The molecule has 1 aliphatic rings. The minimum absolute atomic E-state index is 0.0392. The molecule has 0 atom stereocenters. The van der Waals surface area contributed by atoms with E-state index in [1.165, 1.54) is 6.08 Å². The van der Waals surface area contributed by atoms with Crippen molar-refractivity contribution in [3.8, 4) is 0 Å². The summed E-state index contributed by atoms with van der Waals surface area (Å²) in [7, 11) is 0. The number of hydrogen-bond acceptors (Lipinski definition) is 2. The van der Waals surface area contributed by atoms with Crippen LogP contribution in [0.3, 0.4) is 0 Å². The maximum atomic E-state index is 11.7. The SMILES string of the molecule is C=CC(=O)N1CCC(C(=O)NC(C)C)CC1. The lowest BCUT2D eigenvalue weighted by atomic mass is 9.95. The molecule has 90 valence electrons. The zero-order chi connectivity index (χ0) is 12.1. The van der Waals surface area contributed by atoms with Crippen molar-refractivity contribution >= 4 is 11.8 Å². The van der Waals surface area contributed by atoms with Crippen molar-refractivity contribution in [2.24, 2.45) is 5.92 Å². The standard InChI is InChI=1S/C12H20N2O2/c1-4-11(15)14-7-5-10(6-8-14)12(16)13-9(2)3/h4,9-10H,1,5-8H2,2-3H3,(H,13,16). The van der Waals surface area contributed by atoms with Gasteiger partial charge in [-0.1, -0.05) is 6.58 Å². The average Bonchev–Trinajstić information content (AvgIpc) is 2.27. The van der Waals surface area contributed by atoms with Gasteiger partial charge in [-0.2, -0.15) is 0 Å². The summed E-state index contributed by atoms with van der Waals surface area (Å²) in [6, 6.07) is 0.181. The van der Waals surface area contributed by atoms with Gasteiger partial charge in [0.15, 0.2) is 0 Å². The van der Waals surface area contributed by atoms with E-state index < -0.39 is 0 Å². The van der Waals surface area contributed by atoms with Crippen molar-refractivity contribution < 1.29 is 9.59 Å². The number of hydrogen-bond donors (Lipinski definition) is 1. The van der Waals surface area contributed by atoms with Crippen molar-refractivity contribution in [3.05, 3.63) is 12.7 Å².